The van der Waals surface area contributed by atoms with Crippen LogP contribution in [0.25, 0.3) is 39.2 Å². The Kier molecular flexibility index (Phi) is 5.36. The van der Waals surface area contributed by atoms with Crippen LogP contribution in [0.1, 0.15) is 0 Å². The van der Waals surface area contributed by atoms with E-state index in [2.05, 4.69) is 98.9 Å². The van der Waals surface area contributed by atoms with Gasteiger partial charge in [-0.3, -0.25) is 0 Å². The molecule has 2 aliphatic rings. The largest absolute Gasteiger partial charge is 2.00 e. The molecular formula is C31H18BN5Pd. The normalized spacial score (nSPS) is 12.4. The maximum atomic E-state index is 4.60. The predicted molar refractivity (Wildman–Crippen MR) is 147 cm³/mol. The third-order valence-electron chi connectivity index (χ3n) is 7.24. The predicted octanol–water partition coefficient (Wildman–Crippen LogP) is 4.83. The monoisotopic (exact) mass is 577 g/mol. The molecule has 38 heavy (non-hydrogen) atoms. The maximum absolute atomic E-state index is 4.60. The minimum Gasteiger partial charge on any atom is -0.413 e. The number of rotatable bonds is 2. The van der Waals surface area contributed by atoms with E-state index in [4.69, 9.17) is 0 Å². The van der Waals surface area contributed by atoms with E-state index in [1.807, 2.05) is 30.5 Å². The summed E-state index contributed by atoms with van der Waals surface area (Å²) in [5, 5.41) is 8.72. The molecule has 2 aliphatic heterocycles. The Hall–Kier alpha value is -4.30. The molecule has 0 amide bonds. The zero-order valence-corrected chi connectivity index (χ0v) is 21.6. The number of hydrogen-bond donors (Lipinski definition) is 0. The molecule has 0 spiro atoms. The van der Waals surface area contributed by atoms with E-state index in [-0.39, 0.29) is 27.3 Å². The average molecular weight is 578 g/mol. The molecule has 0 N–H and O–H groups in total. The van der Waals surface area contributed by atoms with Gasteiger partial charge in [0, 0.05) is 6.20 Å². The van der Waals surface area contributed by atoms with Crippen molar-refractivity contribution in [2.45, 2.75) is 0 Å². The molecule has 0 radical (unpaired) electrons. The van der Waals surface area contributed by atoms with Gasteiger partial charge in [-0.05, 0) is 17.4 Å². The summed E-state index contributed by atoms with van der Waals surface area (Å²) in [4.78, 5) is 8.59. The summed E-state index contributed by atoms with van der Waals surface area (Å²) in [7, 11) is 0. The van der Waals surface area contributed by atoms with Crippen molar-refractivity contribution in [1.29, 1.82) is 0 Å². The van der Waals surface area contributed by atoms with Gasteiger partial charge in [0.15, 0.2) is 0 Å². The van der Waals surface area contributed by atoms with Crippen LogP contribution in [0.4, 0.5) is 11.4 Å². The summed E-state index contributed by atoms with van der Waals surface area (Å²) in [6.45, 7) is -0.0142. The van der Waals surface area contributed by atoms with Crippen LogP contribution in [0.5, 0.6) is 0 Å². The molecule has 4 aromatic carbocycles. The molecule has 8 rings (SSSR count). The molecule has 6 aromatic rings. The van der Waals surface area contributed by atoms with Crippen LogP contribution in [-0.2, 0) is 20.4 Å². The van der Waals surface area contributed by atoms with Crippen molar-refractivity contribution in [3.05, 3.63) is 122 Å². The summed E-state index contributed by atoms with van der Waals surface area (Å²) in [6, 6.07) is 39.3. The fourth-order valence-corrected chi connectivity index (χ4v) is 5.67. The van der Waals surface area contributed by atoms with E-state index < -0.39 is 0 Å². The minimum atomic E-state index is -0.0142. The van der Waals surface area contributed by atoms with Crippen LogP contribution in [0.3, 0.4) is 0 Å². The van der Waals surface area contributed by atoms with Gasteiger partial charge >= 0.3 is 27.3 Å². The van der Waals surface area contributed by atoms with Crippen LogP contribution in [-0.4, -0.2) is 26.8 Å². The molecule has 7 heteroatoms. The smallest absolute Gasteiger partial charge is 0.413 e. The summed E-state index contributed by atoms with van der Waals surface area (Å²) < 4.78 is 0. The molecule has 4 heterocycles. The summed E-state index contributed by atoms with van der Waals surface area (Å²) >= 11 is 0. The van der Waals surface area contributed by atoms with Crippen molar-refractivity contribution in [2.75, 3.05) is 4.81 Å². The minimum absolute atomic E-state index is 0. The topological polar surface area (TPSA) is 46.8 Å². The average Bonchev–Trinajstić information content (AvgIpc) is 3.52. The first-order valence-electron chi connectivity index (χ1n) is 12.3. The second-order valence-electron chi connectivity index (χ2n) is 9.22. The van der Waals surface area contributed by atoms with Gasteiger partial charge in [-0.15, -0.1) is 41.5 Å². The fraction of sp³-hybridized carbons (Fsp3) is 0. The molecule has 5 nitrogen and oxygen atoms in total. The first kappa shape index (κ1) is 22.9. The number of hydrogen-bond acceptors (Lipinski definition) is 4. The van der Waals surface area contributed by atoms with Crippen LogP contribution >= 0.6 is 0 Å². The quantitative estimate of drug-likeness (QED) is 0.219. The van der Waals surface area contributed by atoms with Crippen molar-refractivity contribution in [3.63, 3.8) is 0 Å². The number of pyridine rings is 1. The fourth-order valence-electron chi connectivity index (χ4n) is 5.67. The summed E-state index contributed by atoms with van der Waals surface area (Å²) in [5.74, 6) is 0. The first-order chi connectivity index (χ1) is 18.4. The van der Waals surface area contributed by atoms with Gasteiger partial charge in [-0.1, -0.05) is 99.7 Å². The number of benzene rings is 4. The van der Waals surface area contributed by atoms with Crippen molar-refractivity contribution < 1.29 is 20.4 Å². The first-order valence-corrected chi connectivity index (χ1v) is 12.3. The molecule has 0 bridgehead atoms. The molecule has 0 saturated heterocycles. The van der Waals surface area contributed by atoms with Crippen molar-refractivity contribution >= 4 is 29.1 Å². The molecule has 180 valence electrons. The Morgan fingerprint density at radius 3 is 1.89 bits per heavy atom. The Labute approximate surface area is 234 Å². The summed E-state index contributed by atoms with van der Waals surface area (Å²) in [6.07, 6.45) is 5.19. The zero-order chi connectivity index (χ0) is 24.3. The number of aromatic nitrogens is 4. The van der Waals surface area contributed by atoms with Crippen LogP contribution in [0, 0.1) is 12.1 Å². The van der Waals surface area contributed by atoms with Crippen molar-refractivity contribution in [3.8, 4) is 39.2 Å². The van der Waals surface area contributed by atoms with Gasteiger partial charge in [0.05, 0.1) is 12.4 Å². The zero-order valence-electron chi connectivity index (χ0n) is 20.0. The SMILES string of the molecule is [Pd+2].[c-]1c(-c2ccccn2)ccc2c1N1B(c3ccccc3-2)c2ccccc2-c2ccc(-n3nccn3)[c-]c21. The molecule has 0 atom stereocenters. The second kappa shape index (κ2) is 8.92. The van der Waals surface area contributed by atoms with E-state index in [0.717, 1.165) is 39.4 Å². The van der Waals surface area contributed by atoms with Gasteiger partial charge in [-0.25, -0.2) is 0 Å². The van der Waals surface area contributed by atoms with E-state index in [1.54, 1.807) is 17.2 Å². The van der Waals surface area contributed by atoms with E-state index >= 15 is 0 Å². The van der Waals surface area contributed by atoms with Gasteiger partial charge in [0.25, 0.3) is 0 Å². The Morgan fingerprint density at radius 2 is 1.21 bits per heavy atom. The van der Waals surface area contributed by atoms with E-state index in [0.29, 0.717) is 0 Å². The Morgan fingerprint density at radius 1 is 0.579 bits per heavy atom. The van der Waals surface area contributed by atoms with Crippen LogP contribution < -0.4 is 15.7 Å². The van der Waals surface area contributed by atoms with Gasteiger partial charge < -0.3 is 9.79 Å². The Bertz CT molecular complexity index is 1800. The molecular weight excluding hydrogens is 560 g/mol. The standard InChI is InChI=1S/C31H18BN5.Pd/c1-3-9-27-23(7-1)25-14-12-21(29-11-5-6-16-33-29)19-30(25)36-31-20-22(37-34-17-18-35-37)13-15-26(31)24-8-2-4-10-28(24)32(27)36;/h1-18H;/q-2;+2. The maximum Gasteiger partial charge on any atom is 2.00 e. The molecule has 0 fully saturated rings. The van der Waals surface area contributed by atoms with E-state index in [9.17, 15) is 0 Å². The molecule has 0 aliphatic carbocycles. The van der Waals surface area contributed by atoms with Gasteiger partial charge in [0.2, 0.25) is 0 Å². The third-order valence-corrected chi connectivity index (χ3v) is 7.24. The van der Waals surface area contributed by atoms with Crippen molar-refractivity contribution in [1.82, 2.24) is 20.0 Å². The van der Waals surface area contributed by atoms with Gasteiger partial charge in [0.1, 0.15) is 0 Å². The van der Waals surface area contributed by atoms with Crippen LogP contribution in [0.2, 0.25) is 0 Å². The van der Waals surface area contributed by atoms with Crippen molar-refractivity contribution in [2.24, 2.45) is 0 Å². The van der Waals surface area contributed by atoms with E-state index in [1.165, 1.54) is 22.1 Å². The van der Waals surface area contributed by atoms with Gasteiger partial charge in [-0.2, -0.15) is 21.1 Å². The second-order valence-corrected chi connectivity index (χ2v) is 9.22. The number of anilines is 2. The third kappa shape index (κ3) is 3.33. The number of fused-ring (bicyclic) bond motifs is 11. The molecule has 0 saturated carbocycles. The van der Waals surface area contributed by atoms with Crippen LogP contribution in [0.15, 0.2) is 110 Å². The molecule has 0 unspecified atom stereocenters. The number of nitrogens with zero attached hydrogens (tertiary/aromatic N) is 5. The molecule has 2 aromatic heterocycles. The Balaban J connectivity index is 0.00000242. The summed E-state index contributed by atoms with van der Waals surface area (Å²) in [5.41, 5.74) is 11.9.